The first-order valence-electron chi connectivity index (χ1n) is 9.36. The zero-order valence-corrected chi connectivity index (χ0v) is 17.8. The number of benzene rings is 1. The summed E-state index contributed by atoms with van der Waals surface area (Å²) in [5, 5.41) is 2.73. The van der Waals surface area contributed by atoms with Crippen LogP contribution in [0.4, 0.5) is 24.7 Å². The topological polar surface area (TPSA) is 98.3 Å². The Morgan fingerprint density at radius 3 is 2.94 bits per heavy atom. The normalized spacial score (nSPS) is 12.4. The predicted octanol–water partition coefficient (Wildman–Crippen LogP) is 3.96. The van der Waals surface area contributed by atoms with Gasteiger partial charge in [-0.3, -0.25) is 0 Å². The summed E-state index contributed by atoms with van der Waals surface area (Å²) in [6.07, 6.45) is 8.21. The molecule has 1 atom stereocenters. The summed E-state index contributed by atoms with van der Waals surface area (Å²) in [6.45, 7) is 0.868. The molecule has 0 fully saturated rings. The number of pyridine rings is 1. The molecule has 0 aliphatic rings. The van der Waals surface area contributed by atoms with E-state index in [2.05, 4.69) is 31.2 Å². The molecule has 0 aliphatic heterocycles. The summed E-state index contributed by atoms with van der Waals surface area (Å²) in [4.78, 5) is 16.2. The largest absolute Gasteiger partial charge is 0.463 e. The van der Waals surface area contributed by atoms with E-state index in [4.69, 9.17) is 16.9 Å². The van der Waals surface area contributed by atoms with Crippen molar-refractivity contribution in [1.29, 1.82) is 0 Å². The molecule has 0 spiro atoms. The lowest BCUT2D eigenvalue weighted by Gasteiger charge is -2.14. The van der Waals surface area contributed by atoms with Crippen molar-refractivity contribution in [3.8, 4) is 18.2 Å². The minimum absolute atomic E-state index is 0.0410. The molecular weight excluding hydrogens is 441 g/mol. The third kappa shape index (κ3) is 5.79. The number of fused-ring (bicyclic) bond motifs is 1. The third-order valence-electron chi connectivity index (χ3n) is 4.15. The number of rotatable bonds is 8. The van der Waals surface area contributed by atoms with E-state index in [-0.39, 0.29) is 40.6 Å². The van der Waals surface area contributed by atoms with Crippen LogP contribution in [-0.4, -0.2) is 38.8 Å². The van der Waals surface area contributed by atoms with Gasteiger partial charge in [0.15, 0.2) is 36.0 Å². The Labute approximate surface area is 186 Å². The highest BCUT2D eigenvalue weighted by atomic mass is 32.2. The molecule has 0 radical (unpaired) electrons. The van der Waals surface area contributed by atoms with E-state index in [1.54, 1.807) is 13.0 Å². The number of alkyl halides is 1. The van der Waals surface area contributed by atoms with E-state index in [9.17, 15) is 13.2 Å². The first-order chi connectivity index (χ1) is 15.4. The Balaban J connectivity index is 1.85. The minimum Gasteiger partial charge on any atom is -0.463 e. The van der Waals surface area contributed by atoms with Gasteiger partial charge in [0, 0.05) is 23.2 Å². The maximum atomic E-state index is 14.4. The molecule has 0 saturated heterocycles. The Morgan fingerprint density at radius 2 is 2.19 bits per heavy atom. The fraction of sp³-hybridized carbons (Fsp3) is 0.238. The molecule has 0 aliphatic carbocycles. The minimum atomic E-state index is -1.02. The van der Waals surface area contributed by atoms with Crippen molar-refractivity contribution in [3.63, 3.8) is 0 Å². The van der Waals surface area contributed by atoms with Gasteiger partial charge in [0.2, 0.25) is 5.88 Å². The summed E-state index contributed by atoms with van der Waals surface area (Å²) < 4.78 is 46.1. The summed E-state index contributed by atoms with van der Waals surface area (Å²) >= 11 is 1.08. The van der Waals surface area contributed by atoms with Gasteiger partial charge < -0.3 is 15.8 Å². The van der Waals surface area contributed by atoms with Gasteiger partial charge in [0.1, 0.15) is 5.52 Å². The van der Waals surface area contributed by atoms with Gasteiger partial charge in [0.05, 0.1) is 11.7 Å². The Kier molecular flexibility index (Phi) is 7.72. The van der Waals surface area contributed by atoms with Crippen molar-refractivity contribution in [1.82, 2.24) is 15.0 Å². The third-order valence-corrected chi connectivity index (χ3v) is 5.09. The molecule has 3 N–H and O–H groups in total. The van der Waals surface area contributed by atoms with Crippen LogP contribution in [0.15, 0.2) is 35.6 Å². The van der Waals surface area contributed by atoms with Crippen LogP contribution in [0.25, 0.3) is 11.0 Å². The van der Waals surface area contributed by atoms with Crippen LogP contribution in [-0.2, 0) is 6.42 Å². The standard InChI is InChI=1S/C21H19F3N6OS/c1-3-6-31-17-10-27-19-16(30-17)4-5-26-20(19)29-14-8-13(18(24)15(23)9-14)7-12(2)32-21(25)28-11-22/h1,4-5,8-10,12H,6-7,11H2,2H3,(H2,25,28)(H,26,29)/t12-/m1/s1. The lowest BCUT2D eigenvalue weighted by atomic mass is 10.1. The zero-order chi connectivity index (χ0) is 23.1. The average molecular weight is 460 g/mol. The Hall–Kier alpha value is -3.52. The molecule has 2 heterocycles. The molecule has 32 heavy (non-hydrogen) atoms. The molecule has 0 unspecified atom stereocenters. The molecule has 166 valence electrons. The number of anilines is 2. The lowest BCUT2D eigenvalue weighted by Crippen LogP contribution is -2.14. The molecule has 1 aromatic carbocycles. The maximum Gasteiger partial charge on any atom is 0.233 e. The lowest BCUT2D eigenvalue weighted by molar-refractivity contribution is 0.355. The molecule has 2 aromatic heterocycles. The van der Waals surface area contributed by atoms with Crippen molar-refractivity contribution < 1.29 is 17.9 Å². The summed E-state index contributed by atoms with van der Waals surface area (Å²) in [5.41, 5.74) is 6.87. The first-order valence-corrected chi connectivity index (χ1v) is 10.2. The average Bonchev–Trinajstić information content (AvgIpc) is 2.75. The van der Waals surface area contributed by atoms with E-state index < -0.39 is 18.4 Å². The molecule has 11 heteroatoms. The van der Waals surface area contributed by atoms with Crippen molar-refractivity contribution in [3.05, 3.63) is 47.8 Å². The number of terminal acetylenes is 1. The summed E-state index contributed by atoms with van der Waals surface area (Å²) in [7, 11) is 0. The van der Waals surface area contributed by atoms with Gasteiger partial charge >= 0.3 is 0 Å². The van der Waals surface area contributed by atoms with Gasteiger partial charge in [-0.25, -0.2) is 33.1 Å². The van der Waals surface area contributed by atoms with E-state index in [0.717, 1.165) is 17.8 Å². The number of aliphatic imine (C=N–C) groups is 1. The number of aromatic nitrogens is 3. The molecule has 0 saturated carbocycles. The second-order valence-corrected chi connectivity index (χ2v) is 7.99. The van der Waals surface area contributed by atoms with Crippen LogP contribution >= 0.6 is 11.8 Å². The van der Waals surface area contributed by atoms with Gasteiger partial charge in [0.25, 0.3) is 0 Å². The highest BCUT2D eigenvalue weighted by Crippen LogP contribution is 2.27. The number of halogens is 3. The number of amidine groups is 1. The first kappa shape index (κ1) is 23.1. The molecular formula is C21H19F3N6OS. The van der Waals surface area contributed by atoms with Crippen molar-refractivity contribution in [2.24, 2.45) is 10.7 Å². The van der Waals surface area contributed by atoms with Crippen LogP contribution in [0.3, 0.4) is 0 Å². The van der Waals surface area contributed by atoms with Crippen LogP contribution in [0.5, 0.6) is 5.88 Å². The van der Waals surface area contributed by atoms with E-state index in [1.807, 2.05) is 0 Å². The van der Waals surface area contributed by atoms with Crippen LogP contribution in [0.1, 0.15) is 12.5 Å². The van der Waals surface area contributed by atoms with Gasteiger partial charge in [-0.2, -0.15) is 0 Å². The van der Waals surface area contributed by atoms with E-state index in [1.165, 1.54) is 18.5 Å². The maximum absolute atomic E-state index is 14.4. The fourth-order valence-electron chi connectivity index (χ4n) is 2.86. The molecule has 0 amide bonds. The fourth-order valence-corrected chi connectivity index (χ4v) is 3.66. The monoisotopic (exact) mass is 460 g/mol. The summed E-state index contributed by atoms with van der Waals surface area (Å²) in [5.74, 6) is 0.906. The Morgan fingerprint density at radius 1 is 1.38 bits per heavy atom. The molecule has 7 nitrogen and oxygen atoms in total. The number of hydrogen-bond acceptors (Lipinski definition) is 7. The molecule has 3 rings (SSSR count). The zero-order valence-electron chi connectivity index (χ0n) is 17.0. The number of nitrogens with one attached hydrogen (secondary N) is 1. The molecule has 0 bridgehead atoms. The van der Waals surface area contributed by atoms with Crippen LogP contribution in [0.2, 0.25) is 0 Å². The second kappa shape index (κ2) is 10.7. The van der Waals surface area contributed by atoms with Crippen LogP contribution in [0, 0.1) is 24.0 Å². The SMILES string of the molecule is C#CCOc1cnc2c(Nc3cc(F)c(F)c(C[C@@H](C)S/C(N)=N\CF)c3)nccc2n1. The summed E-state index contributed by atoms with van der Waals surface area (Å²) in [6, 6.07) is 4.12. The quantitative estimate of drug-likeness (QED) is 0.227. The Bertz CT molecular complexity index is 1180. The van der Waals surface area contributed by atoms with Gasteiger partial charge in [-0.1, -0.05) is 24.6 Å². The van der Waals surface area contributed by atoms with Gasteiger partial charge in [-0.15, -0.1) is 6.42 Å². The highest BCUT2D eigenvalue weighted by Gasteiger charge is 2.16. The smallest absolute Gasteiger partial charge is 0.233 e. The molecule has 3 aromatic rings. The van der Waals surface area contributed by atoms with E-state index in [0.29, 0.717) is 16.9 Å². The van der Waals surface area contributed by atoms with Crippen molar-refractivity contribution >= 4 is 39.5 Å². The van der Waals surface area contributed by atoms with Crippen molar-refractivity contribution in [2.75, 3.05) is 18.7 Å². The van der Waals surface area contributed by atoms with Crippen molar-refractivity contribution in [2.45, 2.75) is 18.6 Å². The van der Waals surface area contributed by atoms with Crippen LogP contribution < -0.4 is 15.8 Å². The highest BCUT2D eigenvalue weighted by molar-refractivity contribution is 8.14. The van der Waals surface area contributed by atoms with E-state index >= 15 is 0 Å². The number of nitrogens with two attached hydrogens (primary N) is 1. The van der Waals surface area contributed by atoms with Gasteiger partial charge in [-0.05, 0) is 24.1 Å². The number of hydrogen-bond donors (Lipinski definition) is 2. The number of ether oxygens (including phenoxy) is 1. The number of nitrogens with zero attached hydrogens (tertiary/aromatic N) is 4. The predicted molar refractivity (Wildman–Crippen MR) is 120 cm³/mol. The number of thioether (sulfide) groups is 1. The second-order valence-electron chi connectivity index (χ2n) is 6.53.